The number of thiophene rings is 1. The minimum atomic E-state index is -0.255. The van der Waals surface area contributed by atoms with E-state index in [1.807, 2.05) is 102 Å². The Kier molecular flexibility index (Phi) is 10.4. The van der Waals surface area contributed by atoms with Gasteiger partial charge in [0.15, 0.2) is 5.78 Å². The molecule has 9 heteroatoms. The lowest BCUT2D eigenvalue weighted by molar-refractivity contribution is 0.0572. The normalized spacial score (nSPS) is 19.2. The summed E-state index contributed by atoms with van der Waals surface area (Å²) in [7, 11) is 0. The molecular formula is C43H44N2O6S. The molecule has 2 unspecified atom stereocenters. The molecule has 8 nitrogen and oxygen atoms in total. The SMILES string of the molecule is O=C(c1ccc(OC2CCCCC2N2CCOC2=O)cc1)c1c(-c2ccc(OCCN3CCCC3)cc2)sc2cc(OCc3ccccc3)ccc12. The summed E-state index contributed by atoms with van der Waals surface area (Å²) in [6.07, 6.45) is 6.06. The number of hydrogen-bond donors (Lipinski definition) is 0. The number of nitrogens with zero attached hydrogens (tertiary/aromatic N) is 2. The number of carbonyl (C=O) groups excluding carboxylic acids is 2. The van der Waals surface area contributed by atoms with E-state index in [2.05, 4.69) is 4.90 Å². The number of rotatable bonds is 13. The van der Waals surface area contributed by atoms with Crippen LogP contribution in [-0.4, -0.2) is 73.2 Å². The number of fused-ring (bicyclic) bond motifs is 1. The van der Waals surface area contributed by atoms with E-state index in [0.29, 0.717) is 43.2 Å². The number of benzene rings is 4. The number of ether oxygens (including phenoxy) is 4. The van der Waals surface area contributed by atoms with Gasteiger partial charge in [0.2, 0.25) is 0 Å². The third-order valence-corrected chi connectivity index (χ3v) is 11.6. The largest absolute Gasteiger partial charge is 0.492 e. The first-order valence-electron chi connectivity index (χ1n) is 18.5. The van der Waals surface area contributed by atoms with Crippen LogP contribution >= 0.6 is 11.3 Å². The van der Waals surface area contributed by atoms with Gasteiger partial charge in [0.1, 0.15) is 43.2 Å². The maximum Gasteiger partial charge on any atom is 0.410 e. The van der Waals surface area contributed by atoms with Gasteiger partial charge in [-0.1, -0.05) is 36.8 Å². The number of hydrogen-bond acceptors (Lipinski definition) is 8. The molecule has 3 aliphatic rings. The van der Waals surface area contributed by atoms with Crippen molar-refractivity contribution < 1.29 is 28.5 Å². The predicted octanol–water partition coefficient (Wildman–Crippen LogP) is 9.00. The lowest BCUT2D eigenvalue weighted by atomic mass is 9.91. The van der Waals surface area contributed by atoms with E-state index in [1.165, 1.54) is 12.8 Å². The van der Waals surface area contributed by atoms with Crippen molar-refractivity contribution in [2.45, 2.75) is 57.3 Å². The Morgan fingerprint density at radius 3 is 2.31 bits per heavy atom. The molecule has 268 valence electrons. The maximum atomic E-state index is 14.5. The first-order valence-corrected chi connectivity index (χ1v) is 19.3. The average molecular weight is 717 g/mol. The van der Waals surface area contributed by atoms with Gasteiger partial charge in [0.25, 0.3) is 0 Å². The molecule has 4 aromatic carbocycles. The Bertz CT molecular complexity index is 1990. The highest BCUT2D eigenvalue weighted by Gasteiger charge is 2.37. The third kappa shape index (κ3) is 7.66. The van der Waals surface area contributed by atoms with Gasteiger partial charge < -0.3 is 18.9 Å². The minimum absolute atomic E-state index is 0.00628. The zero-order valence-electron chi connectivity index (χ0n) is 29.3. The number of ketones is 1. The molecule has 2 saturated heterocycles. The molecule has 0 bridgehead atoms. The highest BCUT2D eigenvalue weighted by molar-refractivity contribution is 7.22. The summed E-state index contributed by atoms with van der Waals surface area (Å²) in [6, 6.07) is 31.6. The van der Waals surface area contributed by atoms with Crippen molar-refractivity contribution in [1.29, 1.82) is 0 Å². The highest BCUT2D eigenvalue weighted by Crippen LogP contribution is 2.42. The van der Waals surface area contributed by atoms with E-state index in [4.69, 9.17) is 18.9 Å². The van der Waals surface area contributed by atoms with Crippen molar-refractivity contribution in [2.24, 2.45) is 0 Å². The molecule has 5 aromatic rings. The first kappa shape index (κ1) is 34.2. The summed E-state index contributed by atoms with van der Waals surface area (Å²) >= 11 is 1.60. The van der Waals surface area contributed by atoms with Crippen molar-refractivity contribution in [3.05, 3.63) is 114 Å². The number of carbonyl (C=O) groups is 2. The summed E-state index contributed by atoms with van der Waals surface area (Å²) < 4.78 is 24.9. The molecule has 8 rings (SSSR count). The van der Waals surface area contributed by atoms with Gasteiger partial charge in [-0.15, -0.1) is 11.3 Å². The smallest absolute Gasteiger partial charge is 0.410 e. The van der Waals surface area contributed by atoms with Crippen LogP contribution in [-0.2, 0) is 11.3 Å². The van der Waals surface area contributed by atoms with Gasteiger partial charge in [0, 0.05) is 32.6 Å². The van der Waals surface area contributed by atoms with E-state index < -0.39 is 0 Å². The Morgan fingerprint density at radius 1 is 0.788 bits per heavy atom. The van der Waals surface area contributed by atoms with Crippen LogP contribution in [0.3, 0.4) is 0 Å². The predicted molar refractivity (Wildman–Crippen MR) is 204 cm³/mol. The molecule has 1 aliphatic carbocycles. The monoisotopic (exact) mass is 716 g/mol. The van der Waals surface area contributed by atoms with Crippen LogP contribution in [0, 0.1) is 0 Å². The van der Waals surface area contributed by atoms with Gasteiger partial charge in [0.05, 0.1) is 12.6 Å². The second-order valence-electron chi connectivity index (χ2n) is 13.8. The molecule has 52 heavy (non-hydrogen) atoms. The summed E-state index contributed by atoms with van der Waals surface area (Å²) in [5.74, 6) is 2.23. The quantitative estimate of drug-likeness (QED) is 0.113. The topological polar surface area (TPSA) is 77.5 Å². The van der Waals surface area contributed by atoms with Gasteiger partial charge in [-0.25, -0.2) is 4.79 Å². The molecule has 0 radical (unpaired) electrons. The second kappa shape index (κ2) is 15.8. The molecule has 2 aliphatic heterocycles. The summed E-state index contributed by atoms with van der Waals surface area (Å²) in [4.78, 5) is 32.0. The van der Waals surface area contributed by atoms with Crippen molar-refractivity contribution in [3.8, 4) is 27.7 Å². The molecule has 2 atom stereocenters. The third-order valence-electron chi connectivity index (χ3n) is 10.4. The van der Waals surface area contributed by atoms with Crippen LogP contribution in [0.4, 0.5) is 4.79 Å². The van der Waals surface area contributed by atoms with Gasteiger partial charge in [-0.3, -0.25) is 14.6 Å². The van der Waals surface area contributed by atoms with Crippen molar-refractivity contribution in [3.63, 3.8) is 0 Å². The molecule has 0 N–H and O–H groups in total. The number of amides is 1. The van der Waals surface area contributed by atoms with Crippen LogP contribution in [0.15, 0.2) is 97.1 Å². The second-order valence-corrected chi connectivity index (χ2v) is 14.9. The van der Waals surface area contributed by atoms with Crippen molar-refractivity contribution in [2.75, 3.05) is 39.4 Å². The lowest BCUT2D eigenvalue weighted by Gasteiger charge is -2.36. The Labute approximate surface area is 308 Å². The van der Waals surface area contributed by atoms with Crippen LogP contribution < -0.4 is 14.2 Å². The zero-order valence-corrected chi connectivity index (χ0v) is 30.2. The highest BCUT2D eigenvalue weighted by atomic mass is 32.1. The molecule has 1 amide bonds. The number of likely N-dealkylation sites (tertiary alicyclic amines) is 1. The fourth-order valence-electron chi connectivity index (χ4n) is 7.62. The Balaban J connectivity index is 1.04. The molecule has 1 aromatic heterocycles. The summed E-state index contributed by atoms with van der Waals surface area (Å²) in [6.45, 7) is 5.38. The minimum Gasteiger partial charge on any atom is -0.492 e. The zero-order chi connectivity index (χ0) is 35.3. The lowest BCUT2D eigenvalue weighted by Crippen LogP contribution is -2.48. The number of cyclic esters (lactones) is 1. The standard InChI is InChI=1S/C43H44N2O6S/c46-41(31-12-18-34(19-13-31)51-38-11-5-4-10-37(38)45-25-27-49-43(45)47)40-36-21-20-35(50-29-30-8-2-1-3-9-30)28-39(36)52-42(40)32-14-16-33(17-15-32)48-26-24-44-22-6-7-23-44/h1-3,8-9,12-21,28,37-38H,4-7,10-11,22-27,29H2. The Hall–Kier alpha value is -4.86. The average Bonchev–Trinajstić information content (AvgIpc) is 3.95. The van der Waals surface area contributed by atoms with Gasteiger partial charge in [-0.2, -0.15) is 0 Å². The van der Waals surface area contributed by atoms with Crippen LogP contribution in [0.5, 0.6) is 17.2 Å². The van der Waals surface area contributed by atoms with E-state index >= 15 is 0 Å². The Morgan fingerprint density at radius 2 is 1.54 bits per heavy atom. The van der Waals surface area contributed by atoms with Gasteiger partial charge >= 0.3 is 6.09 Å². The van der Waals surface area contributed by atoms with E-state index in [1.54, 1.807) is 11.3 Å². The van der Waals surface area contributed by atoms with Gasteiger partial charge in [-0.05, 0) is 123 Å². The molecule has 3 fully saturated rings. The molecule has 1 saturated carbocycles. The first-order chi connectivity index (χ1) is 25.6. The fourth-order valence-corrected chi connectivity index (χ4v) is 8.85. The molecular weight excluding hydrogens is 673 g/mol. The van der Waals surface area contributed by atoms with Crippen molar-refractivity contribution >= 4 is 33.3 Å². The van der Waals surface area contributed by atoms with E-state index in [9.17, 15) is 9.59 Å². The summed E-state index contributed by atoms with van der Waals surface area (Å²) in [5, 5.41) is 0.894. The molecule has 3 heterocycles. The summed E-state index contributed by atoms with van der Waals surface area (Å²) in [5.41, 5.74) is 3.32. The maximum absolute atomic E-state index is 14.5. The van der Waals surface area contributed by atoms with Crippen LogP contribution in [0.2, 0.25) is 0 Å². The van der Waals surface area contributed by atoms with E-state index in [0.717, 1.165) is 82.9 Å². The van der Waals surface area contributed by atoms with E-state index in [-0.39, 0.29) is 24.0 Å². The van der Waals surface area contributed by atoms with Crippen molar-refractivity contribution in [1.82, 2.24) is 9.80 Å². The molecule has 0 spiro atoms. The van der Waals surface area contributed by atoms with Crippen LogP contribution in [0.1, 0.15) is 60.0 Å². The van der Waals surface area contributed by atoms with Crippen LogP contribution in [0.25, 0.3) is 20.5 Å². The fraction of sp³-hybridized carbons (Fsp3) is 0.349.